The monoisotopic (exact) mass is 1980 g/mol. The Morgan fingerprint density at radius 3 is 1.28 bits per heavy atom. The number of allylic oxidation sites excluding steroid dienone is 12. The first-order chi connectivity index (χ1) is 61.9. The van der Waals surface area contributed by atoms with Crippen molar-refractivity contribution in [3.63, 3.8) is 0 Å². The Bertz CT molecular complexity index is 5000. The van der Waals surface area contributed by atoms with Crippen LogP contribution in [0.5, 0.6) is 0 Å². The van der Waals surface area contributed by atoms with Crippen LogP contribution >= 0.6 is 67.5 Å². The molecule has 6 heterocycles. The minimum absolute atomic E-state index is 0. The van der Waals surface area contributed by atoms with Gasteiger partial charge in [-0.25, -0.2) is 9.57 Å². The fraction of sp³-hybridized carbons (Fsp3) is 0.550. The molecule has 5 aliphatic carbocycles. The number of aldehydes is 1. The van der Waals surface area contributed by atoms with Gasteiger partial charge in [0, 0.05) is 34.5 Å². The molecule has 5 aromatic rings. The van der Waals surface area contributed by atoms with E-state index in [0.29, 0.717) is 29.5 Å². The first-order valence-electron chi connectivity index (χ1n) is 48.2. The minimum atomic E-state index is -1.45. The van der Waals surface area contributed by atoms with Gasteiger partial charge in [-0.15, -0.1) is 9.88 Å². The molecular formula is C111H176N18O2S5Si+2. The van der Waals surface area contributed by atoms with Gasteiger partial charge in [-0.2, -0.15) is 77.4 Å². The molecule has 3 N–H and O–H groups in total. The van der Waals surface area contributed by atoms with Crippen LogP contribution in [0.15, 0.2) is 207 Å². The van der Waals surface area contributed by atoms with Gasteiger partial charge >= 0.3 is 11.8 Å². The molecule has 10 aliphatic rings. The fourth-order valence-corrected chi connectivity index (χ4v) is 19.2. The number of aryl methyl sites for hydroxylation is 8. The van der Waals surface area contributed by atoms with E-state index in [4.69, 9.17) is 20.6 Å². The van der Waals surface area contributed by atoms with E-state index in [1.54, 1.807) is 5.57 Å². The Labute approximate surface area is 863 Å². The number of likely N-dealkylation sites (tertiary alicyclic amines) is 3. The number of nitriles is 1. The van der Waals surface area contributed by atoms with Crippen molar-refractivity contribution < 1.29 is 14.8 Å². The molecule has 0 bridgehead atoms. The van der Waals surface area contributed by atoms with Gasteiger partial charge in [0.05, 0.1) is 35.1 Å². The molecule has 0 spiro atoms. The first-order valence-corrected chi connectivity index (χ1v) is 51.7. The van der Waals surface area contributed by atoms with Crippen molar-refractivity contribution in [3.05, 3.63) is 273 Å². The quantitative estimate of drug-likeness (QED) is 0.0101. The van der Waals surface area contributed by atoms with Crippen LogP contribution in [0.25, 0.3) is 31.4 Å². The van der Waals surface area contributed by atoms with Crippen molar-refractivity contribution in [2.24, 2.45) is 44.5 Å². The summed E-state index contributed by atoms with van der Waals surface area (Å²) in [6, 6.07) is 30.8. The van der Waals surface area contributed by atoms with Crippen molar-refractivity contribution in [1.29, 1.82) is 5.26 Å². The number of carbonyl (C=O) groups excluding carboxylic acids is 1. The van der Waals surface area contributed by atoms with Gasteiger partial charge in [0.1, 0.15) is 33.4 Å². The molecule has 3 unspecified atom stereocenters. The van der Waals surface area contributed by atoms with Gasteiger partial charge in [-0.05, 0) is 406 Å². The number of para-hydroxylation sites is 3. The average molecular weight is 1980 g/mol. The molecule has 137 heavy (non-hydrogen) atoms. The van der Waals surface area contributed by atoms with E-state index >= 15 is 0 Å². The maximum Gasteiger partial charge on any atom is 0.346 e. The summed E-state index contributed by atoms with van der Waals surface area (Å²) in [4.78, 5) is 33.5. The topological polar surface area (TPSA) is 255 Å². The number of tetrazole rings is 1. The van der Waals surface area contributed by atoms with E-state index in [-0.39, 0.29) is 106 Å². The number of hydrogen-bond donors (Lipinski definition) is 1. The number of nitrogens with one attached hydrogen (secondary N) is 1. The van der Waals surface area contributed by atoms with E-state index in [1.807, 2.05) is 68.5 Å². The van der Waals surface area contributed by atoms with Crippen LogP contribution in [-0.2, 0) is 4.79 Å². The van der Waals surface area contributed by atoms with Gasteiger partial charge in [0.25, 0.3) is 0 Å². The molecule has 5 saturated heterocycles. The van der Waals surface area contributed by atoms with Crippen molar-refractivity contribution >= 4 is 105 Å². The number of rotatable bonds is 18. The SMILES string of the molecule is C.C.C1CCNC1.C=C(C)[C@@H]1CC=C(C(C#[N+]c2c(C)cccc2C)N2CCCC2)CC1.C=C(C)[C@@H]1CC=C(C(C(N=[N+]=[N-])=Nc2c(C)cccc2C)N2CCCC2)CC1.C=C(C)[C@@H]1CC=C(C(c2nnnn2-c2c(C)cccc2C)N2CCCC2)CC1.C=C(C)[C@@H]1CC=C(C=O)CC1.C=C(C)[C@@H]1CC=C(C=[N+]2CCCC2)CC1.C[Si](C)(C)N=[N+]=[N-].Cc1cccc(C)c1C#N.O.S.S.S.S.S. The third kappa shape index (κ3) is 41.4. The summed E-state index contributed by atoms with van der Waals surface area (Å²) in [5, 5.41) is 29.1. The summed E-state index contributed by atoms with van der Waals surface area (Å²) in [6.45, 7) is 65.3. The van der Waals surface area contributed by atoms with Crippen LogP contribution in [0, 0.1) is 102 Å². The summed E-state index contributed by atoms with van der Waals surface area (Å²) in [6.07, 6.45) is 44.8. The molecule has 0 radical (unpaired) electrons. The maximum absolute atomic E-state index is 10.3. The molecule has 8 atom stereocenters. The van der Waals surface area contributed by atoms with Crippen molar-refractivity contribution in [1.82, 2.24) is 40.2 Å². The summed E-state index contributed by atoms with van der Waals surface area (Å²) >= 11 is 0. The standard InChI is InChI=1S/2C23H31N5.C23H31N2.C14H22N.C10H14O.C9H9N.C4H9N.C3H9N3Si.2CH4.H2O.5H2S/c1-16(2)19-10-12-20(13-11-19)22(27-14-5-6-15-27)23-24-25-26-28(23)21-17(3)8-7-9-18(21)4;1-16(2)19-10-12-20(13-11-19)22(28-14-5-6-15-28)23(26-27-24)25-21-17(3)8-7-9-18(21)4;1-17(2)20-10-12-21(13-11-20)22(25-14-5-6-15-25)16-24-23-18(3)8-7-9-19(23)4;1-12(2)14-7-5-13(6-8-14)11-15-9-3-4-10-15;1-8(2)10-5-3-9(7-11)4-6-10;1-7-4-3-5-8(2)9(7)6-10;1-2-4-5-3-1;1-7(2,3)6-5-4;;;;;;;;/h2*7-9,12,19,22H,1,5-6,10-11,13-15H2,2-4H3;7-9,12,20,22H,1,5-6,10-11,13-15H2,2-4H3;5,11,14H,1,3-4,6-10H2,2H3;3,7,10H,1,4-6H2,2H3;3-5H,1-2H3;5H,1-4H2;1-3H3;2*1H4;6*1H2/q;;2*+1;;;;;;;;;;;;/t2*19-,22?;20-,22?;14-;10-;;;;;;;;;;;/m11111.........../s1. The van der Waals surface area contributed by atoms with Crippen LogP contribution in [0.2, 0.25) is 19.6 Å². The van der Waals surface area contributed by atoms with E-state index in [1.165, 1.54) is 202 Å². The fourth-order valence-electron chi connectivity index (χ4n) is 18.9. The van der Waals surface area contributed by atoms with E-state index in [0.717, 1.165) is 159 Å². The predicted octanol–water partition coefficient (Wildman–Crippen LogP) is 28.5. The Kier molecular flexibility index (Phi) is 63.1. The summed E-state index contributed by atoms with van der Waals surface area (Å²) in [5.41, 5.74) is 43.6. The Morgan fingerprint density at radius 2 is 0.912 bits per heavy atom. The molecule has 0 saturated carbocycles. The normalized spacial score (nSPS) is 19.7. The Hall–Kier alpha value is -8.27. The second-order valence-corrected chi connectivity index (χ2v) is 43.2. The lowest BCUT2D eigenvalue weighted by Gasteiger charge is -2.33. The molecule has 754 valence electrons. The Morgan fingerprint density at radius 1 is 0.518 bits per heavy atom. The maximum atomic E-state index is 10.3. The highest BCUT2D eigenvalue weighted by molar-refractivity contribution is 7.60. The molecule has 4 aromatic carbocycles. The Balaban J connectivity index is 0.00000161. The highest BCUT2D eigenvalue weighted by atomic mass is 32.1. The minimum Gasteiger partial charge on any atom is -0.412 e. The zero-order valence-corrected chi connectivity index (χ0v) is 90.9. The number of carbonyl (C=O) groups is 1. The molecule has 0 amide bonds. The highest BCUT2D eigenvalue weighted by Crippen LogP contribution is 2.42. The number of nitrogens with zero attached hydrogens (tertiary/aromatic N) is 17. The molecule has 5 aliphatic heterocycles. The van der Waals surface area contributed by atoms with Crippen LogP contribution in [0.1, 0.15) is 272 Å². The van der Waals surface area contributed by atoms with E-state index in [2.05, 4.69) is 260 Å². The summed E-state index contributed by atoms with van der Waals surface area (Å²) < 4.78 is 8.04. The molecule has 5 fully saturated rings. The lowest BCUT2D eigenvalue weighted by atomic mass is 9.82. The van der Waals surface area contributed by atoms with Gasteiger partial charge in [0.15, 0.2) is 18.1 Å². The lowest BCUT2D eigenvalue weighted by molar-refractivity contribution is -0.501. The van der Waals surface area contributed by atoms with Crippen molar-refractivity contribution in [2.75, 3.05) is 65.4 Å². The predicted molar refractivity (Wildman–Crippen MR) is 613 cm³/mol. The molecule has 20 nitrogen and oxygen atoms in total. The number of amidine groups is 1. The summed E-state index contributed by atoms with van der Waals surface area (Å²) in [5.74, 6) is 4.71. The van der Waals surface area contributed by atoms with Crippen LogP contribution < -0.4 is 5.32 Å². The summed E-state index contributed by atoms with van der Waals surface area (Å²) in [7, 11) is -1.45. The molecule has 1 aromatic heterocycles. The number of aromatic nitrogens is 4. The van der Waals surface area contributed by atoms with Gasteiger partial charge in [-0.1, -0.05) is 204 Å². The average Bonchev–Trinajstić information content (AvgIpc) is 1.66. The van der Waals surface area contributed by atoms with Crippen LogP contribution in [0.3, 0.4) is 0 Å². The number of hydrogen-bond acceptors (Lipinski definition) is 11. The third-order valence-electron chi connectivity index (χ3n) is 27.0. The van der Waals surface area contributed by atoms with Gasteiger partial charge in [0.2, 0.25) is 0 Å². The van der Waals surface area contributed by atoms with E-state index < -0.39 is 8.24 Å². The lowest BCUT2D eigenvalue weighted by Crippen LogP contribution is -2.40. The second kappa shape index (κ2) is 67.2. The zero-order chi connectivity index (χ0) is 93.5. The first kappa shape index (κ1) is 129. The second-order valence-electron chi connectivity index (χ2n) is 38.7. The molecule has 26 heteroatoms. The van der Waals surface area contributed by atoms with Crippen LogP contribution in [-0.4, -0.2) is 149 Å². The number of aliphatic imine (C=N–C) groups is 1. The largest absolute Gasteiger partial charge is 0.412 e. The zero-order valence-electron chi connectivity index (χ0n) is 84.9. The molecular weight excluding hydrogens is 1810 g/mol. The number of azide groups is 2. The van der Waals surface area contributed by atoms with Crippen molar-refractivity contribution in [3.8, 4) is 17.8 Å². The van der Waals surface area contributed by atoms with E-state index in [9.17, 15) is 10.3 Å². The molecule has 15 rings (SSSR count). The van der Waals surface area contributed by atoms with Gasteiger partial charge in [-0.3, -0.25) is 19.5 Å². The van der Waals surface area contributed by atoms with Gasteiger partial charge < -0.3 is 10.8 Å². The highest BCUT2D eigenvalue weighted by Gasteiger charge is 2.36. The third-order valence-corrected chi connectivity index (χ3v) is 27.7. The smallest absolute Gasteiger partial charge is 0.346 e. The van der Waals surface area contributed by atoms with Crippen molar-refractivity contribution in [2.45, 2.75) is 303 Å². The number of benzene rings is 4. The van der Waals surface area contributed by atoms with Crippen LogP contribution in [0.4, 0.5) is 11.4 Å².